The molecule has 0 saturated carbocycles. The van der Waals surface area contributed by atoms with Gasteiger partial charge in [0.1, 0.15) is 11.6 Å². The Kier molecular flexibility index (Phi) is 3.67. The number of ketones is 1. The summed E-state index contributed by atoms with van der Waals surface area (Å²) in [5, 5.41) is 6.50. The first-order valence-electron chi connectivity index (χ1n) is 7.82. The lowest BCUT2D eigenvalue weighted by molar-refractivity contribution is 0.0966. The predicted molar refractivity (Wildman–Crippen MR) is 93.8 cm³/mol. The first-order valence-corrected chi connectivity index (χ1v) is 7.82. The van der Waals surface area contributed by atoms with Crippen molar-refractivity contribution in [3.05, 3.63) is 78.1 Å². The van der Waals surface area contributed by atoms with Gasteiger partial charge in [-0.2, -0.15) is 0 Å². The average molecular weight is 316 g/mol. The number of carbonyl (C=O) groups is 1. The zero-order chi connectivity index (χ0) is 16.4. The summed E-state index contributed by atoms with van der Waals surface area (Å²) in [6, 6.07) is 17.3. The minimum Gasteiger partial charge on any atom is -0.369 e. The van der Waals surface area contributed by atoms with Crippen LogP contribution in [0.3, 0.4) is 0 Å². The Morgan fingerprint density at radius 2 is 1.96 bits per heavy atom. The molecule has 5 nitrogen and oxygen atoms in total. The van der Waals surface area contributed by atoms with Crippen LogP contribution in [0.25, 0.3) is 0 Å². The zero-order valence-electron chi connectivity index (χ0n) is 12.9. The minimum absolute atomic E-state index is 0.0694. The van der Waals surface area contributed by atoms with E-state index in [1.165, 1.54) is 0 Å². The molecule has 0 amide bonds. The Balaban J connectivity index is 1.58. The van der Waals surface area contributed by atoms with Gasteiger partial charge in [-0.25, -0.2) is 4.98 Å². The van der Waals surface area contributed by atoms with Gasteiger partial charge >= 0.3 is 0 Å². The fraction of sp³-hybridized carbons (Fsp3) is 0.105. The maximum Gasteiger partial charge on any atom is 0.173 e. The van der Waals surface area contributed by atoms with Gasteiger partial charge in [-0.05, 0) is 30.3 Å². The van der Waals surface area contributed by atoms with Crippen LogP contribution in [0, 0.1) is 0 Å². The summed E-state index contributed by atoms with van der Waals surface area (Å²) < 4.78 is 0. The Bertz CT molecular complexity index is 865. The number of benzene rings is 1. The Hall–Kier alpha value is -3.21. The second-order valence-electron chi connectivity index (χ2n) is 5.66. The van der Waals surface area contributed by atoms with Gasteiger partial charge in [0.2, 0.25) is 0 Å². The summed E-state index contributed by atoms with van der Waals surface area (Å²) in [5.74, 6) is 1.36. The van der Waals surface area contributed by atoms with Crippen LogP contribution in [0.1, 0.15) is 21.8 Å². The van der Waals surface area contributed by atoms with Gasteiger partial charge in [-0.3, -0.25) is 9.78 Å². The number of para-hydroxylation sites is 1. The molecule has 0 bridgehead atoms. The second-order valence-corrected chi connectivity index (χ2v) is 5.66. The van der Waals surface area contributed by atoms with Crippen LogP contribution in [-0.4, -0.2) is 22.3 Å². The Labute approximate surface area is 139 Å². The number of aromatic nitrogens is 2. The molecule has 1 aliphatic rings. The van der Waals surface area contributed by atoms with Crippen LogP contribution in [0.2, 0.25) is 0 Å². The lowest BCUT2D eigenvalue weighted by Crippen LogP contribution is -2.14. The number of nitrogens with zero attached hydrogens (tertiary/aromatic N) is 2. The third kappa shape index (κ3) is 2.72. The van der Waals surface area contributed by atoms with E-state index >= 15 is 0 Å². The lowest BCUT2D eigenvalue weighted by Gasteiger charge is -2.10. The summed E-state index contributed by atoms with van der Waals surface area (Å²) >= 11 is 0. The standard InChI is InChI=1S/C19H16N4O/c24-18(13-5-4-10-20-11-13)16-12-21-19-15(16)8-9-17(23-19)22-14-6-2-1-3-7-14/h1-11,16H,12H2,(H2,21,22,23). The van der Waals surface area contributed by atoms with Gasteiger partial charge in [0.15, 0.2) is 5.78 Å². The van der Waals surface area contributed by atoms with E-state index in [0.29, 0.717) is 12.1 Å². The van der Waals surface area contributed by atoms with E-state index in [1.54, 1.807) is 24.5 Å². The molecule has 4 rings (SSSR count). The number of Topliss-reactive ketones (excluding diaryl/α,β-unsaturated/α-hetero) is 1. The number of carbonyl (C=O) groups excluding carboxylic acids is 1. The van der Waals surface area contributed by atoms with Gasteiger partial charge in [0.25, 0.3) is 0 Å². The van der Waals surface area contributed by atoms with Crippen molar-refractivity contribution in [2.75, 3.05) is 17.2 Å². The van der Waals surface area contributed by atoms with E-state index in [1.807, 2.05) is 42.5 Å². The van der Waals surface area contributed by atoms with Crippen LogP contribution >= 0.6 is 0 Å². The van der Waals surface area contributed by atoms with E-state index in [9.17, 15) is 4.79 Å². The number of pyridine rings is 2. The summed E-state index contributed by atoms with van der Waals surface area (Å²) in [6.07, 6.45) is 3.28. The van der Waals surface area contributed by atoms with Gasteiger partial charge < -0.3 is 10.6 Å². The summed E-state index contributed by atoms with van der Waals surface area (Å²) in [7, 11) is 0. The maximum atomic E-state index is 12.7. The highest BCUT2D eigenvalue weighted by atomic mass is 16.1. The number of hydrogen-bond acceptors (Lipinski definition) is 5. The van der Waals surface area contributed by atoms with Crippen molar-refractivity contribution in [2.45, 2.75) is 5.92 Å². The quantitative estimate of drug-likeness (QED) is 0.720. The highest BCUT2D eigenvalue weighted by molar-refractivity contribution is 6.02. The molecule has 0 fully saturated rings. The van der Waals surface area contributed by atoms with Crippen molar-refractivity contribution < 1.29 is 4.79 Å². The molecule has 2 N–H and O–H groups in total. The number of nitrogens with one attached hydrogen (secondary N) is 2. The molecule has 1 unspecified atom stereocenters. The predicted octanol–water partition coefficient (Wildman–Crippen LogP) is 3.61. The molecule has 0 saturated heterocycles. The van der Waals surface area contributed by atoms with Gasteiger partial charge in [0, 0.05) is 35.8 Å². The Morgan fingerprint density at radius 1 is 1.08 bits per heavy atom. The fourth-order valence-corrected chi connectivity index (χ4v) is 2.88. The molecule has 5 heteroatoms. The van der Waals surface area contributed by atoms with E-state index in [4.69, 9.17) is 0 Å². The second kappa shape index (κ2) is 6.12. The molecule has 24 heavy (non-hydrogen) atoms. The zero-order valence-corrected chi connectivity index (χ0v) is 12.9. The van der Waals surface area contributed by atoms with Crippen molar-refractivity contribution in [2.24, 2.45) is 0 Å². The minimum atomic E-state index is -0.220. The average Bonchev–Trinajstić information content (AvgIpc) is 3.06. The van der Waals surface area contributed by atoms with Crippen LogP contribution in [0.15, 0.2) is 67.0 Å². The Morgan fingerprint density at radius 3 is 2.75 bits per heavy atom. The van der Waals surface area contributed by atoms with Crippen molar-refractivity contribution >= 4 is 23.1 Å². The van der Waals surface area contributed by atoms with Crippen molar-refractivity contribution in [1.29, 1.82) is 0 Å². The first kappa shape index (κ1) is 14.4. The molecule has 3 aromatic rings. The van der Waals surface area contributed by atoms with Gasteiger partial charge in [-0.15, -0.1) is 0 Å². The molecular formula is C19H16N4O. The molecule has 2 aromatic heterocycles. The fourth-order valence-electron chi connectivity index (χ4n) is 2.88. The van der Waals surface area contributed by atoms with Crippen LogP contribution in [0.4, 0.5) is 17.3 Å². The topological polar surface area (TPSA) is 66.9 Å². The maximum absolute atomic E-state index is 12.7. The molecule has 1 aromatic carbocycles. The third-order valence-corrected chi connectivity index (χ3v) is 4.08. The molecule has 1 atom stereocenters. The van der Waals surface area contributed by atoms with Crippen molar-refractivity contribution in [1.82, 2.24) is 9.97 Å². The van der Waals surface area contributed by atoms with Crippen LogP contribution < -0.4 is 10.6 Å². The van der Waals surface area contributed by atoms with Crippen molar-refractivity contribution in [3.8, 4) is 0 Å². The van der Waals surface area contributed by atoms with Gasteiger partial charge in [0.05, 0.1) is 5.92 Å². The largest absolute Gasteiger partial charge is 0.369 e. The highest BCUT2D eigenvalue weighted by Gasteiger charge is 2.30. The van der Waals surface area contributed by atoms with E-state index < -0.39 is 0 Å². The molecular weight excluding hydrogens is 300 g/mol. The molecule has 0 spiro atoms. The number of hydrogen-bond donors (Lipinski definition) is 2. The molecule has 3 heterocycles. The summed E-state index contributed by atoms with van der Waals surface area (Å²) in [5.41, 5.74) is 2.54. The first-order chi connectivity index (χ1) is 11.8. The molecule has 0 aliphatic carbocycles. The number of rotatable bonds is 4. The summed E-state index contributed by atoms with van der Waals surface area (Å²) in [6.45, 7) is 0.560. The SMILES string of the molecule is O=C(c1cccnc1)C1CNc2nc(Nc3ccccc3)ccc21. The molecule has 0 radical (unpaired) electrons. The smallest absolute Gasteiger partial charge is 0.173 e. The number of fused-ring (bicyclic) bond motifs is 1. The van der Waals surface area contributed by atoms with E-state index in [-0.39, 0.29) is 11.7 Å². The molecule has 118 valence electrons. The normalized spacial score (nSPS) is 15.4. The molecule has 1 aliphatic heterocycles. The number of anilines is 3. The monoisotopic (exact) mass is 316 g/mol. The van der Waals surface area contributed by atoms with E-state index in [0.717, 1.165) is 22.9 Å². The highest BCUT2D eigenvalue weighted by Crippen LogP contribution is 2.33. The van der Waals surface area contributed by atoms with Gasteiger partial charge in [-0.1, -0.05) is 24.3 Å². The van der Waals surface area contributed by atoms with Crippen LogP contribution in [-0.2, 0) is 0 Å². The lowest BCUT2D eigenvalue weighted by atomic mass is 9.94. The summed E-state index contributed by atoms with van der Waals surface area (Å²) in [4.78, 5) is 21.3. The van der Waals surface area contributed by atoms with Crippen LogP contribution in [0.5, 0.6) is 0 Å². The van der Waals surface area contributed by atoms with E-state index in [2.05, 4.69) is 20.6 Å². The third-order valence-electron chi connectivity index (χ3n) is 4.08. The van der Waals surface area contributed by atoms with Crippen molar-refractivity contribution in [3.63, 3.8) is 0 Å².